The molecule has 0 aromatic rings. The van der Waals surface area contributed by atoms with Gasteiger partial charge in [-0.05, 0) is 51.4 Å². The van der Waals surface area contributed by atoms with Crippen LogP contribution < -0.4 is 5.32 Å². The lowest BCUT2D eigenvalue weighted by Gasteiger charge is -2.40. The molecule has 1 aliphatic rings. The number of aliphatic hydroxyl groups excluding tert-OH is 5. The molecule has 7 unspecified atom stereocenters. The number of rotatable bonds is 31. The Labute approximate surface area is 298 Å². The molecule has 1 saturated heterocycles. The Morgan fingerprint density at radius 2 is 1.20 bits per heavy atom. The standard InChI is InChI=1S/C40H73NO8/c1-3-5-7-9-11-13-15-16-17-18-19-20-21-23-25-27-29-34(43)33(32-48-40-39(47)38(46)37(45)35(31-42)49-40)41-36(44)30-28-26-24-22-14-12-10-8-6-4-2/h8,10,20-21,27,29,33-35,37-40,42-43,45-47H,3-7,9,11-19,22-26,28,30-32H2,1-2H3,(H,41,44)/b10-8-,21-20+,29-27+. The molecule has 0 aliphatic carbocycles. The Balaban J connectivity index is 2.47. The van der Waals surface area contributed by atoms with Crippen LogP contribution in [0, 0.1) is 0 Å². The van der Waals surface area contributed by atoms with Gasteiger partial charge >= 0.3 is 0 Å². The summed E-state index contributed by atoms with van der Waals surface area (Å²) in [7, 11) is 0. The van der Waals surface area contributed by atoms with Gasteiger partial charge in [-0.15, -0.1) is 0 Å². The molecule has 6 N–H and O–H groups in total. The fourth-order valence-electron chi connectivity index (χ4n) is 5.94. The van der Waals surface area contributed by atoms with E-state index in [2.05, 4.69) is 43.5 Å². The molecule has 1 heterocycles. The van der Waals surface area contributed by atoms with Gasteiger partial charge in [0.1, 0.15) is 24.4 Å². The molecule has 49 heavy (non-hydrogen) atoms. The van der Waals surface area contributed by atoms with Crippen molar-refractivity contribution >= 4 is 5.91 Å². The van der Waals surface area contributed by atoms with Crippen LogP contribution >= 0.6 is 0 Å². The van der Waals surface area contributed by atoms with Crippen molar-refractivity contribution in [2.45, 2.75) is 198 Å². The second-order valence-electron chi connectivity index (χ2n) is 13.7. The predicted octanol–water partition coefficient (Wildman–Crippen LogP) is 6.94. The smallest absolute Gasteiger partial charge is 0.220 e. The highest BCUT2D eigenvalue weighted by atomic mass is 16.7. The summed E-state index contributed by atoms with van der Waals surface area (Å²) in [5, 5.41) is 53.8. The minimum Gasteiger partial charge on any atom is -0.394 e. The van der Waals surface area contributed by atoms with E-state index in [1.54, 1.807) is 6.08 Å². The van der Waals surface area contributed by atoms with Gasteiger partial charge in [-0.3, -0.25) is 4.79 Å². The fraction of sp³-hybridized carbons (Fsp3) is 0.825. The van der Waals surface area contributed by atoms with Crippen LogP contribution in [-0.4, -0.2) is 87.5 Å². The molecule has 1 fully saturated rings. The number of hydrogen-bond donors (Lipinski definition) is 6. The molecule has 0 aromatic carbocycles. The lowest BCUT2D eigenvalue weighted by atomic mass is 9.99. The van der Waals surface area contributed by atoms with Gasteiger partial charge in [-0.25, -0.2) is 0 Å². The Bertz CT molecular complexity index is 863. The van der Waals surface area contributed by atoms with Gasteiger partial charge in [0.25, 0.3) is 0 Å². The van der Waals surface area contributed by atoms with Crippen molar-refractivity contribution in [3.8, 4) is 0 Å². The first-order valence-electron chi connectivity index (χ1n) is 19.7. The van der Waals surface area contributed by atoms with E-state index in [1.165, 1.54) is 70.6 Å². The summed E-state index contributed by atoms with van der Waals surface area (Å²) in [4.78, 5) is 12.8. The molecular weight excluding hydrogens is 622 g/mol. The number of aliphatic hydroxyl groups is 5. The van der Waals surface area contributed by atoms with E-state index in [4.69, 9.17) is 9.47 Å². The average molecular weight is 696 g/mol. The van der Waals surface area contributed by atoms with Gasteiger partial charge in [0.05, 0.1) is 25.4 Å². The minimum atomic E-state index is -1.57. The molecule has 0 bridgehead atoms. The summed E-state index contributed by atoms with van der Waals surface area (Å²) in [6, 6.07) is -0.821. The molecule has 1 rings (SSSR count). The number of carbonyl (C=O) groups excluding carboxylic acids is 1. The van der Waals surface area contributed by atoms with Gasteiger partial charge in [-0.1, -0.05) is 134 Å². The quantitative estimate of drug-likeness (QED) is 0.0338. The van der Waals surface area contributed by atoms with E-state index in [1.807, 2.05) is 6.08 Å². The molecule has 0 radical (unpaired) electrons. The molecule has 9 nitrogen and oxygen atoms in total. The van der Waals surface area contributed by atoms with E-state index >= 15 is 0 Å². The van der Waals surface area contributed by atoms with Crippen LogP contribution in [-0.2, 0) is 14.3 Å². The normalized spacial score (nSPS) is 22.8. The number of amides is 1. The zero-order chi connectivity index (χ0) is 36.0. The molecule has 0 aromatic heterocycles. The Hall–Kier alpha value is -1.59. The van der Waals surface area contributed by atoms with Crippen LogP contribution in [0.25, 0.3) is 0 Å². The molecule has 7 atom stereocenters. The summed E-state index contributed by atoms with van der Waals surface area (Å²) in [6.45, 7) is 3.65. The number of ether oxygens (including phenoxy) is 2. The third-order valence-electron chi connectivity index (χ3n) is 9.17. The maximum atomic E-state index is 12.8. The zero-order valence-electron chi connectivity index (χ0n) is 30.9. The Morgan fingerprint density at radius 1 is 0.673 bits per heavy atom. The van der Waals surface area contributed by atoms with E-state index in [-0.39, 0.29) is 12.5 Å². The van der Waals surface area contributed by atoms with Crippen LogP contribution in [0.5, 0.6) is 0 Å². The second-order valence-corrected chi connectivity index (χ2v) is 13.7. The van der Waals surface area contributed by atoms with Crippen LogP contribution in [0.3, 0.4) is 0 Å². The Morgan fingerprint density at radius 3 is 1.80 bits per heavy atom. The number of allylic oxidation sites excluding steroid dienone is 5. The van der Waals surface area contributed by atoms with Gasteiger partial charge in [0.15, 0.2) is 6.29 Å². The molecule has 1 amide bonds. The van der Waals surface area contributed by atoms with Gasteiger partial charge in [0.2, 0.25) is 5.91 Å². The number of carbonyl (C=O) groups is 1. The molecular formula is C40H73NO8. The third kappa shape index (κ3) is 22.8. The first-order valence-corrected chi connectivity index (χ1v) is 19.7. The summed E-state index contributed by atoms with van der Waals surface area (Å²) >= 11 is 0. The van der Waals surface area contributed by atoms with E-state index in [0.29, 0.717) is 6.42 Å². The van der Waals surface area contributed by atoms with Crippen LogP contribution in [0.2, 0.25) is 0 Å². The van der Waals surface area contributed by atoms with Crippen molar-refractivity contribution in [2.75, 3.05) is 13.2 Å². The van der Waals surface area contributed by atoms with Crippen molar-refractivity contribution < 1.29 is 39.8 Å². The number of nitrogens with one attached hydrogen (secondary N) is 1. The van der Waals surface area contributed by atoms with Crippen LogP contribution in [0.4, 0.5) is 0 Å². The molecule has 0 spiro atoms. The van der Waals surface area contributed by atoms with Crippen molar-refractivity contribution in [3.63, 3.8) is 0 Å². The Kier molecular flexibility index (Phi) is 28.9. The average Bonchev–Trinajstić information content (AvgIpc) is 3.10. The minimum absolute atomic E-state index is 0.202. The highest BCUT2D eigenvalue weighted by Crippen LogP contribution is 2.22. The summed E-state index contributed by atoms with van der Waals surface area (Å²) in [5.41, 5.74) is 0. The second kappa shape index (κ2) is 31.2. The first-order chi connectivity index (χ1) is 23.8. The summed E-state index contributed by atoms with van der Waals surface area (Å²) < 4.78 is 11.1. The first kappa shape index (κ1) is 45.4. The maximum Gasteiger partial charge on any atom is 0.220 e. The SMILES string of the molecule is CCC/C=C\CCCCCCCC(=O)NC(COC1OC(CO)C(O)C(O)C1O)C(O)/C=C/CC/C=C/CCCCCCCCCCCC. The maximum absolute atomic E-state index is 12.8. The highest BCUT2D eigenvalue weighted by molar-refractivity contribution is 5.76. The highest BCUT2D eigenvalue weighted by Gasteiger charge is 2.44. The monoisotopic (exact) mass is 696 g/mol. The lowest BCUT2D eigenvalue weighted by molar-refractivity contribution is -0.302. The number of unbranched alkanes of at least 4 members (excludes halogenated alkanes) is 17. The van der Waals surface area contributed by atoms with Gasteiger partial charge in [-0.2, -0.15) is 0 Å². The molecule has 0 saturated carbocycles. The molecule has 1 aliphatic heterocycles. The topological polar surface area (TPSA) is 149 Å². The summed E-state index contributed by atoms with van der Waals surface area (Å²) in [5.74, 6) is -0.202. The van der Waals surface area contributed by atoms with Crippen molar-refractivity contribution in [2.24, 2.45) is 0 Å². The van der Waals surface area contributed by atoms with Crippen molar-refractivity contribution in [1.82, 2.24) is 5.32 Å². The predicted molar refractivity (Wildman–Crippen MR) is 198 cm³/mol. The lowest BCUT2D eigenvalue weighted by Crippen LogP contribution is -2.60. The van der Waals surface area contributed by atoms with E-state index in [0.717, 1.165) is 64.2 Å². The van der Waals surface area contributed by atoms with E-state index < -0.39 is 49.5 Å². The largest absolute Gasteiger partial charge is 0.394 e. The molecule has 9 heteroatoms. The zero-order valence-corrected chi connectivity index (χ0v) is 30.9. The third-order valence-corrected chi connectivity index (χ3v) is 9.17. The van der Waals surface area contributed by atoms with Gasteiger partial charge < -0.3 is 40.3 Å². The van der Waals surface area contributed by atoms with E-state index in [9.17, 15) is 30.3 Å². The fourth-order valence-corrected chi connectivity index (χ4v) is 5.94. The van der Waals surface area contributed by atoms with Crippen LogP contribution in [0.1, 0.15) is 155 Å². The van der Waals surface area contributed by atoms with Crippen LogP contribution in [0.15, 0.2) is 36.5 Å². The van der Waals surface area contributed by atoms with Gasteiger partial charge in [0, 0.05) is 6.42 Å². The summed E-state index contributed by atoms with van der Waals surface area (Å²) in [6.07, 6.45) is 29.1. The van der Waals surface area contributed by atoms with Crippen molar-refractivity contribution in [3.05, 3.63) is 36.5 Å². The van der Waals surface area contributed by atoms with Crippen molar-refractivity contribution in [1.29, 1.82) is 0 Å². The number of hydrogen-bond acceptors (Lipinski definition) is 8. The molecule has 286 valence electrons.